The number of carbonyl (C=O) groups is 1. The van der Waals surface area contributed by atoms with Crippen LogP contribution in [0.1, 0.15) is 29.8 Å². The molecule has 104 valence electrons. The summed E-state index contributed by atoms with van der Waals surface area (Å²) in [5.74, 6) is -0.713. The minimum absolute atomic E-state index is 0.113. The van der Waals surface area contributed by atoms with E-state index >= 15 is 0 Å². The summed E-state index contributed by atoms with van der Waals surface area (Å²) in [5.41, 5.74) is 1.48. The van der Waals surface area contributed by atoms with Crippen LogP contribution < -0.4 is 5.32 Å². The second-order valence-corrected chi connectivity index (χ2v) is 5.56. The highest BCUT2D eigenvalue weighted by Gasteiger charge is 2.32. The van der Waals surface area contributed by atoms with E-state index in [0.29, 0.717) is 23.7 Å². The summed E-state index contributed by atoms with van der Waals surface area (Å²) in [4.78, 5) is 12.1. The highest BCUT2D eigenvalue weighted by atomic mass is 35.5. The van der Waals surface area contributed by atoms with Crippen molar-refractivity contribution in [1.29, 1.82) is 0 Å². The third-order valence-electron chi connectivity index (χ3n) is 3.00. The number of ether oxygens (including phenoxy) is 2. The Morgan fingerprint density at radius 2 is 2.26 bits per heavy atom. The molecule has 0 saturated carbocycles. The van der Waals surface area contributed by atoms with Crippen LogP contribution >= 0.6 is 11.6 Å². The lowest BCUT2D eigenvalue weighted by Gasteiger charge is -2.17. The molecular formula is C14H18ClNO3. The van der Waals surface area contributed by atoms with Gasteiger partial charge in [-0.1, -0.05) is 17.7 Å². The Morgan fingerprint density at radius 1 is 1.53 bits per heavy atom. The van der Waals surface area contributed by atoms with E-state index in [4.69, 9.17) is 21.1 Å². The number of aryl methyl sites for hydroxylation is 1. The van der Waals surface area contributed by atoms with Crippen molar-refractivity contribution in [3.63, 3.8) is 0 Å². The first-order chi connectivity index (χ1) is 8.87. The molecule has 2 rings (SSSR count). The van der Waals surface area contributed by atoms with Gasteiger partial charge in [-0.05, 0) is 38.5 Å². The van der Waals surface area contributed by atoms with Gasteiger partial charge in [0.05, 0.1) is 6.61 Å². The highest BCUT2D eigenvalue weighted by Crippen LogP contribution is 2.22. The number of hydrogen-bond donors (Lipinski definition) is 1. The summed E-state index contributed by atoms with van der Waals surface area (Å²) in [6, 6.07) is 5.27. The Kier molecular flexibility index (Phi) is 4.13. The summed E-state index contributed by atoms with van der Waals surface area (Å²) < 4.78 is 11.1. The molecule has 1 aliphatic rings. The van der Waals surface area contributed by atoms with Crippen molar-refractivity contribution in [2.75, 3.05) is 13.2 Å². The van der Waals surface area contributed by atoms with E-state index in [1.54, 1.807) is 12.1 Å². The van der Waals surface area contributed by atoms with Crippen LogP contribution in [0.5, 0.6) is 0 Å². The fourth-order valence-corrected chi connectivity index (χ4v) is 2.18. The van der Waals surface area contributed by atoms with E-state index < -0.39 is 5.79 Å². The van der Waals surface area contributed by atoms with Gasteiger partial charge >= 0.3 is 0 Å². The summed E-state index contributed by atoms with van der Waals surface area (Å²) in [6.45, 7) is 6.51. The van der Waals surface area contributed by atoms with Gasteiger partial charge in [-0.2, -0.15) is 0 Å². The molecule has 1 saturated heterocycles. The van der Waals surface area contributed by atoms with E-state index in [1.807, 2.05) is 26.8 Å². The normalized spacial score (nSPS) is 21.4. The third-order valence-corrected chi connectivity index (χ3v) is 3.24. The summed E-state index contributed by atoms with van der Waals surface area (Å²) in [5, 5.41) is 3.40. The van der Waals surface area contributed by atoms with Crippen molar-refractivity contribution in [2.45, 2.75) is 32.7 Å². The molecule has 0 aromatic heterocycles. The number of rotatable bonds is 3. The summed E-state index contributed by atoms with van der Waals surface area (Å²) in [7, 11) is 0. The predicted molar refractivity (Wildman–Crippen MR) is 73.4 cm³/mol. The Hall–Kier alpha value is -1.10. The maximum atomic E-state index is 12.1. The Morgan fingerprint density at radius 3 is 2.89 bits per heavy atom. The highest BCUT2D eigenvalue weighted by molar-refractivity contribution is 6.31. The maximum Gasteiger partial charge on any atom is 0.251 e. The van der Waals surface area contributed by atoms with E-state index in [9.17, 15) is 4.79 Å². The number of carbonyl (C=O) groups excluding carboxylic acids is 1. The standard InChI is InChI=1S/C14H18ClNO3/c1-9-4-5-10(15)6-12(9)13(17)16-7-11-8-18-14(2,3)19-11/h4-6,11H,7-8H2,1-3H3,(H,16,17). The van der Waals surface area contributed by atoms with Crippen molar-refractivity contribution in [3.05, 3.63) is 34.3 Å². The molecule has 1 aliphatic heterocycles. The molecule has 1 aromatic carbocycles. The SMILES string of the molecule is Cc1ccc(Cl)cc1C(=O)NCC1COC(C)(C)O1. The fraction of sp³-hybridized carbons (Fsp3) is 0.500. The molecule has 1 N–H and O–H groups in total. The first kappa shape index (κ1) is 14.3. The molecule has 1 atom stereocenters. The Labute approximate surface area is 118 Å². The molecule has 1 amide bonds. The van der Waals surface area contributed by atoms with Gasteiger partial charge in [-0.25, -0.2) is 0 Å². The molecule has 1 fully saturated rings. The van der Waals surface area contributed by atoms with E-state index in [0.717, 1.165) is 5.56 Å². The van der Waals surface area contributed by atoms with E-state index in [-0.39, 0.29) is 12.0 Å². The van der Waals surface area contributed by atoms with Crippen LogP contribution in [0, 0.1) is 6.92 Å². The summed E-state index contributed by atoms with van der Waals surface area (Å²) in [6.07, 6.45) is -0.113. The zero-order chi connectivity index (χ0) is 14.0. The average molecular weight is 284 g/mol. The maximum absolute atomic E-state index is 12.1. The van der Waals surface area contributed by atoms with Gasteiger partial charge in [-0.3, -0.25) is 4.79 Å². The molecule has 4 nitrogen and oxygen atoms in total. The number of benzene rings is 1. The fourth-order valence-electron chi connectivity index (χ4n) is 2.00. The van der Waals surface area contributed by atoms with Gasteiger partial charge in [0, 0.05) is 17.1 Å². The minimum atomic E-state index is -0.568. The molecule has 0 bridgehead atoms. The van der Waals surface area contributed by atoms with Crippen LogP contribution in [0.15, 0.2) is 18.2 Å². The lowest BCUT2D eigenvalue weighted by atomic mass is 10.1. The van der Waals surface area contributed by atoms with E-state index in [1.165, 1.54) is 0 Å². The first-order valence-corrected chi connectivity index (χ1v) is 6.61. The van der Waals surface area contributed by atoms with Crippen LogP contribution in [0.25, 0.3) is 0 Å². The van der Waals surface area contributed by atoms with Gasteiger partial charge in [0.1, 0.15) is 6.10 Å². The second kappa shape index (κ2) is 5.49. The second-order valence-electron chi connectivity index (χ2n) is 5.12. The number of nitrogens with one attached hydrogen (secondary N) is 1. The molecule has 0 spiro atoms. The van der Waals surface area contributed by atoms with Gasteiger partial charge in [0.2, 0.25) is 0 Å². The van der Waals surface area contributed by atoms with Crippen molar-refractivity contribution in [3.8, 4) is 0 Å². The molecule has 1 heterocycles. The molecule has 1 unspecified atom stereocenters. The van der Waals surface area contributed by atoms with Gasteiger partial charge in [0.25, 0.3) is 5.91 Å². The molecule has 0 radical (unpaired) electrons. The zero-order valence-corrected chi connectivity index (χ0v) is 12.1. The van der Waals surface area contributed by atoms with Gasteiger partial charge < -0.3 is 14.8 Å². The molecule has 1 aromatic rings. The number of amides is 1. The van der Waals surface area contributed by atoms with Crippen LogP contribution in [0.3, 0.4) is 0 Å². The van der Waals surface area contributed by atoms with E-state index in [2.05, 4.69) is 5.32 Å². The van der Waals surface area contributed by atoms with Crippen molar-refractivity contribution in [1.82, 2.24) is 5.32 Å². The lowest BCUT2D eigenvalue weighted by molar-refractivity contribution is -0.137. The lowest BCUT2D eigenvalue weighted by Crippen LogP contribution is -2.34. The van der Waals surface area contributed by atoms with Crippen LogP contribution in [-0.2, 0) is 9.47 Å². The van der Waals surface area contributed by atoms with Gasteiger partial charge in [-0.15, -0.1) is 0 Å². The number of hydrogen-bond acceptors (Lipinski definition) is 3. The summed E-state index contributed by atoms with van der Waals surface area (Å²) >= 11 is 5.90. The van der Waals surface area contributed by atoms with Crippen LogP contribution in [0.2, 0.25) is 5.02 Å². The zero-order valence-electron chi connectivity index (χ0n) is 11.3. The monoisotopic (exact) mass is 283 g/mol. The molecule has 19 heavy (non-hydrogen) atoms. The molecular weight excluding hydrogens is 266 g/mol. The van der Waals surface area contributed by atoms with Crippen molar-refractivity contribution >= 4 is 17.5 Å². The largest absolute Gasteiger partial charge is 0.349 e. The van der Waals surface area contributed by atoms with Crippen LogP contribution in [0.4, 0.5) is 0 Å². The number of halogens is 1. The topological polar surface area (TPSA) is 47.6 Å². The molecule has 5 heteroatoms. The van der Waals surface area contributed by atoms with Crippen LogP contribution in [-0.4, -0.2) is 30.9 Å². The molecule has 0 aliphatic carbocycles. The minimum Gasteiger partial charge on any atom is -0.349 e. The predicted octanol–water partition coefficient (Wildman–Crippen LogP) is 2.53. The first-order valence-electron chi connectivity index (χ1n) is 6.23. The average Bonchev–Trinajstić information content (AvgIpc) is 2.69. The Balaban J connectivity index is 1.93. The van der Waals surface area contributed by atoms with Crippen molar-refractivity contribution in [2.24, 2.45) is 0 Å². The Bertz CT molecular complexity index is 488. The smallest absolute Gasteiger partial charge is 0.251 e. The quantitative estimate of drug-likeness (QED) is 0.927. The van der Waals surface area contributed by atoms with Crippen molar-refractivity contribution < 1.29 is 14.3 Å². The van der Waals surface area contributed by atoms with Gasteiger partial charge in [0.15, 0.2) is 5.79 Å². The third kappa shape index (κ3) is 3.69.